The standard InChI is InChI=1S/C30H38N8O3/c1-3-27(39)35-10-12-36(13-11-35)29-23-7-9-38(28-20(2)5-6-25-24(28)16-31-34-25)18-26(23)32-30(33-29)40-14-4-8-37-17-22-15-21(37)19-41-22/h3,5-6,16,21-22H,1,4,7-15,17-19H2,2H3,(H,31,34)/t21-,22-/m0/s1. The summed E-state index contributed by atoms with van der Waals surface area (Å²) in [6.07, 6.45) is 6.64. The van der Waals surface area contributed by atoms with Crippen LogP contribution in [0.3, 0.4) is 0 Å². The van der Waals surface area contributed by atoms with E-state index in [-0.39, 0.29) is 5.91 Å². The first-order chi connectivity index (χ1) is 20.1. The zero-order chi connectivity index (χ0) is 27.9. The maximum absolute atomic E-state index is 12.2. The lowest BCUT2D eigenvalue weighted by molar-refractivity contribution is -0.126. The Kier molecular flexibility index (Phi) is 7.00. The molecule has 3 aromatic rings. The number of hydrogen-bond acceptors (Lipinski definition) is 9. The molecule has 3 fully saturated rings. The summed E-state index contributed by atoms with van der Waals surface area (Å²) in [5, 5.41) is 8.52. The molecule has 4 aliphatic heterocycles. The minimum atomic E-state index is -0.0180. The molecule has 0 unspecified atom stereocenters. The Morgan fingerprint density at radius 2 is 2.07 bits per heavy atom. The van der Waals surface area contributed by atoms with Crippen LogP contribution in [0.2, 0.25) is 0 Å². The molecule has 0 aliphatic carbocycles. The van der Waals surface area contributed by atoms with E-state index in [0.29, 0.717) is 44.4 Å². The second-order valence-electron chi connectivity index (χ2n) is 11.5. The molecule has 11 heteroatoms. The first kappa shape index (κ1) is 26.2. The van der Waals surface area contributed by atoms with Crippen LogP contribution in [0, 0.1) is 6.92 Å². The highest BCUT2D eigenvalue weighted by atomic mass is 16.5. The number of ether oxygens (including phenoxy) is 2. The summed E-state index contributed by atoms with van der Waals surface area (Å²) in [6.45, 7) is 13.6. The van der Waals surface area contributed by atoms with E-state index in [2.05, 4.69) is 50.5 Å². The smallest absolute Gasteiger partial charge is 0.318 e. The zero-order valence-corrected chi connectivity index (χ0v) is 23.7. The highest BCUT2D eigenvalue weighted by Gasteiger charge is 2.38. The molecule has 2 aromatic heterocycles. The second-order valence-corrected chi connectivity index (χ2v) is 11.5. The van der Waals surface area contributed by atoms with Crippen LogP contribution in [-0.2, 0) is 22.5 Å². The van der Waals surface area contributed by atoms with E-state index in [1.165, 1.54) is 22.9 Å². The lowest BCUT2D eigenvalue weighted by atomic mass is 10.0. The van der Waals surface area contributed by atoms with Crippen molar-refractivity contribution < 1.29 is 14.3 Å². The van der Waals surface area contributed by atoms with Gasteiger partial charge in [0.05, 0.1) is 49.0 Å². The number of rotatable bonds is 8. The Hall–Kier alpha value is -3.70. The molecular weight excluding hydrogens is 520 g/mol. The van der Waals surface area contributed by atoms with Gasteiger partial charge >= 0.3 is 6.01 Å². The molecule has 0 spiro atoms. The van der Waals surface area contributed by atoms with E-state index in [1.807, 2.05) is 11.1 Å². The van der Waals surface area contributed by atoms with Crippen LogP contribution in [0.25, 0.3) is 10.9 Å². The number of carbonyl (C=O) groups excluding carboxylic acids is 1. The molecule has 216 valence electrons. The lowest BCUT2D eigenvalue weighted by Gasteiger charge is -2.38. The van der Waals surface area contributed by atoms with Crippen LogP contribution in [0.1, 0.15) is 29.7 Å². The molecule has 0 radical (unpaired) electrons. The van der Waals surface area contributed by atoms with Gasteiger partial charge in [0, 0.05) is 62.8 Å². The summed E-state index contributed by atoms with van der Waals surface area (Å²) in [5.74, 6) is 0.929. The highest BCUT2D eigenvalue weighted by Crippen LogP contribution is 2.36. The monoisotopic (exact) mass is 558 g/mol. The number of likely N-dealkylation sites (tertiary alicyclic amines) is 1. The summed E-state index contributed by atoms with van der Waals surface area (Å²) in [5.41, 5.74) is 5.65. The third kappa shape index (κ3) is 5.01. The van der Waals surface area contributed by atoms with Gasteiger partial charge in [0.25, 0.3) is 0 Å². The van der Waals surface area contributed by atoms with Crippen molar-refractivity contribution in [3.05, 3.63) is 47.8 Å². The molecule has 11 nitrogen and oxygen atoms in total. The minimum absolute atomic E-state index is 0.0180. The Morgan fingerprint density at radius 3 is 2.85 bits per heavy atom. The van der Waals surface area contributed by atoms with Gasteiger partial charge in [-0.15, -0.1) is 0 Å². The number of anilines is 2. The number of aromatic nitrogens is 4. The fourth-order valence-corrected chi connectivity index (χ4v) is 6.89. The van der Waals surface area contributed by atoms with E-state index in [0.717, 1.165) is 81.0 Å². The number of aryl methyl sites for hydroxylation is 1. The molecule has 4 aliphatic rings. The van der Waals surface area contributed by atoms with Crippen LogP contribution in [0.5, 0.6) is 6.01 Å². The van der Waals surface area contributed by atoms with Crippen molar-refractivity contribution in [2.24, 2.45) is 0 Å². The molecule has 2 atom stereocenters. The van der Waals surface area contributed by atoms with E-state index < -0.39 is 0 Å². The predicted molar refractivity (Wildman–Crippen MR) is 156 cm³/mol. The van der Waals surface area contributed by atoms with Crippen molar-refractivity contribution in [1.82, 2.24) is 30.0 Å². The maximum atomic E-state index is 12.2. The minimum Gasteiger partial charge on any atom is -0.463 e. The number of H-pyrrole nitrogens is 1. The molecule has 1 aromatic carbocycles. The third-order valence-electron chi connectivity index (χ3n) is 9.04. The van der Waals surface area contributed by atoms with Gasteiger partial charge in [0.2, 0.25) is 5.91 Å². The summed E-state index contributed by atoms with van der Waals surface area (Å²) in [7, 11) is 0. The number of nitrogens with one attached hydrogen (secondary N) is 1. The largest absolute Gasteiger partial charge is 0.463 e. The van der Waals surface area contributed by atoms with Crippen LogP contribution in [-0.4, -0.2) is 107 Å². The number of aromatic amines is 1. The van der Waals surface area contributed by atoms with Crippen molar-refractivity contribution in [3.63, 3.8) is 0 Å². The maximum Gasteiger partial charge on any atom is 0.318 e. The fraction of sp³-hybridized carbons (Fsp3) is 0.533. The van der Waals surface area contributed by atoms with Crippen LogP contribution in [0.4, 0.5) is 11.5 Å². The zero-order valence-electron chi connectivity index (χ0n) is 23.7. The summed E-state index contributed by atoms with van der Waals surface area (Å²) >= 11 is 0. The Labute approximate surface area is 240 Å². The molecule has 2 bridgehead atoms. The van der Waals surface area contributed by atoms with Gasteiger partial charge in [0.15, 0.2) is 0 Å². The van der Waals surface area contributed by atoms with Crippen LogP contribution >= 0.6 is 0 Å². The molecule has 7 rings (SSSR count). The summed E-state index contributed by atoms with van der Waals surface area (Å²) in [6, 6.07) is 5.23. The summed E-state index contributed by atoms with van der Waals surface area (Å²) in [4.78, 5) is 31.2. The topological polar surface area (TPSA) is 103 Å². The average molecular weight is 559 g/mol. The normalized spacial score (nSPS) is 22.4. The number of amides is 1. The molecule has 3 saturated heterocycles. The van der Waals surface area contributed by atoms with Crippen molar-refractivity contribution >= 4 is 28.3 Å². The Balaban J connectivity index is 1.12. The van der Waals surface area contributed by atoms with Gasteiger partial charge in [0.1, 0.15) is 5.82 Å². The number of morpholine rings is 1. The first-order valence-corrected chi connectivity index (χ1v) is 14.8. The quantitative estimate of drug-likeness (QED) is 0.330. The Morgan fingerprint density at radius 1 is 1.20 bits per heavy atom. The number of nitrogens with zero attached hydrogens (tertiary/aromatic N) is 7. The molecule has 1 amide bonds. The third-order valence-corrected chi connectivity index (χ3v) is 9.04. The fourth-order valence-electron chi connectivity index (χ4n) is 6.89. The predicted octanol–water partition coefficient (Wildman–Crippen LogP) is 2.30. The van der Waals surface area contributed by atoms with Gasteiger partial charge in [-0.1, -0.05) is 12.6 Å². The van der Waals surface area contributed by atoms with E-state index in [4.69, 9.17) is 19.4 Å². The summed E-state index contributed by atoms with van der Waals surface area (Å²) < 4.78 is 12.0. The number of fused-ring (bicyclic) bond motifs is 4. The molecule has 6 heterocycles. The molecule has 41 heavy (non-hydrogen) atoms. The van der Waals surface area contributed by atoms with Crippen molar-refractivity contribution in [2.45, 2.75) is 44.9 Å². The SMILES string of the molecule is C=CC(=O)N1CCN(c2nc(OCCCN3C[C@@H]4C[C@H]3CO4)nc3c2CCN(c2c(C)ccc4[nH]ncc24)C3)CC1. The van der Waals surface area contributed by atoms with Crippen LogP contribution < -0.4 is 14.5 Å². The Bertz CT molecular complexity index is 1450. The number of piperazine rings is 1. The van der Waals surface area contributed by atoms with Gasteiger partial charge in [-0.05, 0) is 43.9 Å². The lowest BCUT2D eigenvalue weighted by Crippen LogP contribution is -2.49. The van der Waals surface area contributed by atoms with Gasteiger partial charge in [-0.2, -0.15) is 15.1 Å². The number of benzene rings is 1. The van der Waals surface area contributed by atoms with E-state index in [1.54, 1.807) is 0 Å². The average Bonchev–Trinajstić information content (AvgIpc) is 3.76. The highest BCUT2D eigenvalue weighted by molar-refractivity contribution is 5.93. The van der Waals surface area contributed by atoms with E-state index in [9.17, 15) is 4.79 Å². The van der Waals surface area contributed by atoms with Gasteiger partial charge in [-0.3, -0.25) is 14.8 Å². The molecule has 0 saturated carbocycles. The molecule has 1 N–H and O–H groups in total. The molecular formula is C30H38N8O3. The number of hydrogen-bond donors (Lipinski definition) is 1. The van der Waals surface area contributed by atoms with Gasteiger partial charge in [-0.25, -0.2) is 0 Å². The van der Waals surface area contributed by atoms with Crippen LogP contribution in [0.15, 0.2) is 31.0 Å². The van der Waals surface area contributed by atoms with Crippen molar-refractivity contribution in [2.75, 3.05) is 68.8 Å². The second kappa shape index (κ2) is 10.9. The first-order valence-electron chi connectivity index (χ1n) is 14.8. The van der Waals surface area contributed by atoms with Crippen molar-refractivity contribution in [3.8, 4) is 6.01 Å². The van der Waals surface area contributed by atoms with Crippen molar-refractivity contribution in [1.29, 1.82) is 0 Å². The number of carbonyl (C=O) groups is 1. The van der Waals surface area contributed by atoms with E-state index >= 15 is 0 Å². The van der Waals surface area contributed by atoms with Gasteiger partial charge < -0.3 is 24.2 Å².